The van der Waals surface area contributed by atoms with Crippen LogP contribution in [-0.2, 0) is 0 Å². The molecule has 0 bridgehead atoms. The zero-order valence-corrected chi connectivity index (χ0v) is 20.8. The molecule has 0 unspecified atom stereocenters. The third-order valence-corrected chi connectivity index (χ3v) is 6.52. The van der Waals surface area contributed by atoms with E-state index in [9.17, 15) is 13.6 Å². The second-order valence-electron chi connectivity index (χ2n) is 9.38. The van der Waals surface area contributed by atoms with Crippen molar-refractivity contribution in [3.8, 4) is 17.2 Å². The molecule has 0 amide bonds. The summed E-state index contributed by atoms with van der Waals surface area (Å²) in [5.41, 5.74) is -0.469. The molecule has 1 aliphatic carbocycles. The Hall–Kier alpha value is -2.63. The van der Waals surface area contributed by atoms with Crippen molar-refractivity contribution >= 4 is 5.97 Å². The van der Waals surface area contributed by atoms with Gasteiger partial charge in [0.05, 0.1) is 18.8 Å². The molecule has 2 aromatic carbocycles. The summed E-state index contributed by atoms with van der Waals surface area (Å²) in [5, 5.41) is 0. The van der Waals surface area contributed by atoms with Gasteiger partial charge in [0.25, 0.3) is 0 Å². The highest BCUT2D eigenvalue weighted by atomic mass is 19.2. The molecule has 1 fully saturated rings. The van der Waals surface area contributed by atoms with E-state index in [4.69, 9.17) is 14.2 Å². The van der Waals surface area contributed by atoms with Crippen molar-refractivity contribution in [3.63, 3.8) is 0 Å². The lowest BCUT2D eigenvalue weighted by atomic mass is 9.90. The molecule has 0 aliphatic heterocycles. The molecule has 4 nitrogen and oxygen atoms in total. The van der Waals surface area contributed by atoms with Crippen LogP contribution < -0.4 is 14.2 Å². The summed E-state index contributed by atoms with van der Waals surface area (Å²) >= 11 is 0. The quantitative estimate of drug-likeness (QED) is 0.152. The van der Waals surface area contributed by atoms with Crippen LogP contribution in [0.25, 0.3) is 0 Å². The fourth-order valence-corrected chi connectivity index (χ4v) is 4.38. The van der Waals surface area contributed by atoms with Crippen LogP contribution in [0, 0.1) is 17.6 Å². The zero-order chi connectivity index (χ0) is 24.9. The second kappa shape index (κ2) is 14.7. The van der Waals surface area contributed by atoms with E-state index in [0.29, 0.717) is 24.9 Å². The summed E-state index contributed by atoms with van der Waals surface area (Å²) < 4.78 is 45.4. The van der Waals surface area contributed by atoms with Crippen LogP contribution in [0.5, 0.6) is 17.2 Å². The number of carbonyl (C=O) groups is 1. The van der Waals surface area contributed by atoms with Crippen LogP contribution in [0.2, 0.25) is 0 Å². The van der Waals surface area contributed by atoms with Gasteiger partial charge in [0, 0.05) is 0 Å². The number of halogens is 2. The zero-order valence-electron chi connectivity index (χ0n) is 20.8. The smallest absolute Gasteiger partial charge is 0.346 e. The van der Waals surface area contributed by atoms with Gasteiger partial charge >= 0.3 is 5.97 Å². The Kier molecular flexibility index (Phi) is 11.3. The summed E-state index contributed by atoms with van der Waals surface area (Å²) in [6, 6.07) is 9.07. The second-order valence-corrected chi connectivity index (χ2v) is 9.38. The van der Waals surface area contributed by atoms with E-state index in [1.54, 1.807) is 24.3 Å². The fourth-order valence-electron chi connectivity index (χ4n) is 4.38. The van der Waals surface area contributed by atoms with Crippen LogP contribution in [0.4, 0.5) is 8.78 Å². The van der Waals surface area contributed by atoms with Crippen LogP contribution in [0.3, 0.4) is 0 Å². The summed E-state index contributed by atoms with van der Waals surface area (Å²) in [6.45, 7) is 3.16. The lowest BCUT2D eigenvalue weighted by Crippen LogP contribution is -2.15. The average Bonchev–Trinajstić information content (AvgIpc) is 2.88. The van der Waals surface area contributed by atoms with E-state index in [1.165, 1.54) is 69.9 Å². The number of hydrogen-bond acceptors (Lipinski definition) is 4. The molecular formula is C29H38F2O4. The van der Waals surface area contributed by atoms with Gasteiger partial charge in [-0.05, 0) is 61.6 Å². The van der Waals surface area contributed by atoms with E-state index in [1.807, 2.05) is 0 Å². The Morgan fingerprint density at radius 2 is 1.46 bits per heavy atom. The summed E-state index contributed by atoms with van der Waals surface area (Å²) in [6.07, 6.45) is 13.9. The molecule has 3 rings (SSSR count). The van der Waals surface area contributed by atoms with Gasteiger partial charge in [0.2, 0.25) is 5.82 Å². The van der Waals surface area contributed by atoms with Gasteiger partial charge in [-0.3, -0.25) is 0 Å². The van der Waals surface area contributed by atoms with Gasteiger partial charge in [0.15, 0.2) is 11.6 Å². The highest BCUT2D eigenvalue weighted by Crippen LogP contribution is 2.27. The van der Waals surface area contributed by atoms with Crippen LogP contribution in [0.15, 0.2) is 36.4 Å². The standard InChI is InChI=1S/C29H38F2O4/c1-2-3-4-5-6-7-11-20-33-26-19-18-25(27(30)28(26)31)29(32)35-24-16-14-23(15-17-24)34-21-22-12-9-8-10-13-22/h14-19,22H,2-13,20-21H2,1H3. The molecule has 0 heterocycles. The van der Waals surface area contributed by atoms with Crippen molar-refractivity contribution in [1.82, 2.24) is 0 Å². The molecule has 1 saturated carbocycles. The SMILES string of the molecule is CCCCCCCCCOc1ccc(C(=O)Oc2ccc(OCC3CCCCC3)cc2)c(F)c1F. The van der Waals surface area contributed by atoms with Gasteiger partial charge in [-0.25, -0.2) is 9.18 Å². The minimum absolute atomic E-state index is 0.190. The van der Waals surface area contributed by atoms with E-state index in [2.05, 4.69) is 6.92 Å². The molecule has 192 valence electrons. The van der Waals surface area contributed by atoms with Gasteiger partial charge in [0.1, 0.15) is 11.5 Å². The van der Waals surface area contributed by atoms with Gasteiger partial charge < -0.3 is 14.2 Å². The topological polar surface area (TPSA) is 44.8 Å². The van der Waals surface area contributed by atoms with Crippen molar-refractivity contribution in [3.05, 3.63) is 53.6 Å². The number of esters is 1. The summed E-state index contributed by atoms with van der Waals surface area (Å²) in [4.78, 5) is 12.4. The van der Waals surface area contributed by atoms with Crippen molar-refractivity contribution < 1.29 is 27.8 Å². The van der Waals surface area contributed by atoms with Crippen LogP contribution in [-0.4, -0.2) is 19.2 Å². The minimum Gasteiger partial charge on any atom is -0.493 e. The highest BCUT2D eigenvalue weighted by molar-refractivity contribution is 5.91. The fraction of sp³-hybridized carbons (Fsp3) is 0.552. The maximum atomic E-state index is 14.5. The Balaban J connectivity index is 1.45. The molecule has 0 N–H and O–H groups in total. The number of rotatable bonds is 14. The van der Waals surface area contributed by atoms with E-state index in [-0.39, 0.29) is 11.5 Å². The third-order valence-electron chi connectivity index (χ3n) is 6.52. The molecule has 0 spiro atoms. The maximum Gasteiger partial charge on any atom is 0.346 e. The Morgan fingerprint density at radius 1 is 0.800 bits per heavy atom. The summed E-state index contributed by atoms with van der Waals surface area (Å²) in [7, 11) is 0. The third kappa shape index (κ3) is 8.83. The maximum absolute atomic E-state index is 14.5. The minimum atomic E-state index is -1.26. The molecular weight excluding hydrogens is 450 g/mol. The molecule has 35 heavy (non-hydrogen) atoms. The number of carbonyl (C=O) groups excluding carboxylic acids is 1. The first-order chi connectivity index (χ1) is 17.1. The number of ether oxygens (including phenoxy) is 3. The molecule has 6 heteroatoms. The predicted octanol–water partition coefficient (Wildman–Crippen LogP) is 8.27. The van der Waals surface area contributed by atoms with E-state index < -0.39 is 23.2 Å². The monoisotopic (exact) mass is 488 g/mol. The van der Waals surface area contributed by atoms with Crippen LogP contribution in [0.1, 0.15) is 94.3 Å². The lowest BCUT2D eigenvalue weighted by Gasteiger charge is -2.21. The number of benzene rings is 2. The largest absolute Gasteiger partial charge is 0.493 e. The summed E-state index contributed by atoms with van der Waals surface area (Å²) in [5.74, 6) is -2.08. The number of unbranched alkanes of at least 4 members (excludes halogenated alkanes) is 6. The van der Waals surface area contributed by atoms with Gasteiger partial charge in [-0.15, -0.1) is 0 Å². The van der Waals surface area contributed by atoms with E-state index >= 15 is 0 Å². The Morgan fingerprint density at radius 3 is 2.17 bits per heavy atom. The van der Waals surface area contributed by atoms with Crippen molar-refractivity contribution in [1.29, 1.82) is 0 Å². The molecule has 2 aromatic rings. The Bertz CT molecular complexity index is 908. The van der Waals surface area contributed by atoms with Crippen molar-refractivity contribution in [2.24, 2.45) is 5.92 Å². The lowest BCUT2D eigenvalue weighted by molar-refractivity contribution is 0.0728. The van der Waals surface area contributed by atoms with E-state index in [0.717, 1.165) is 19.3 Å². The molecule has 0 radical (unpaired) electrons. The molecule has 0 saturated heterocycles. The van der Waals surface area contributed by atoms with Crippen molar-refractivity contribution in [2.45, 2.75) is 84.0 Å². The average molecular weight is 489 g/mol. The molecule has 1 aliphatic rings. The molecule has 0 aromatic heterocycles. The first-order valence-electron chi connectivity index (χ1n) is 13.1. The molecule has 0 atom stereocenters. The van der Waals surface area contributed by atoms with Crippen molar-refractivity contribution in [2.75, 3.05) is 13.2 Å². The first-order valence-corrected chi connectivity index (χ1v) is 13.1. The predicted molar refractivity (Wildman–Crippen MR) is 133 cm³/mol. The first kappa shape index (κ1) is 27.0. The van der Waals surface area contributed by atoms with Gasteiger partial charge in [-0.1, -0.05) is 64.7 Å². The normalized spacial score (nSPS) is 14.0. The Labute approximate surface area is 208 Å². The number of hydrogen-bond donors (Lipinski definition) is 0. The highest BCUT2D eigenvalue weighted by Gasteiger charge is 2.21. The van der Waals surface area contributed by atoms with Crippen LogP contribution >= 0.6 is 0 Å². The van der Waals surface area contributed by atoms with Gasteiger partial charge in [-0.2, -0.15) is 4.39 Å².